The number of hydrogen-bond donors (Lipinski definition) is 1. The lowest BCUT2D eigenvalue weighted by Crippen LogP contribution is -2.03. The fourth-order valence-electron chi connectivity index (χ4n) is 1.81. The van der Waals surface area contributed by atoms with Gasteiger partial charge in [-0.15, -0.1) is 0 Å². The summed E-state index contributed by atoms with van der Waals surface area (Å²) in [7, 11) is 1.34. The fourth-order valence-corrected chi connectivity index (χ4v) is 1.81. The molecule has 4 heteroatoms. The van der Waals surface area contributed by atoms with Crippen molar-refractivity contribution in [3.05, 3.63) is 41.9 Å². The van der Waals surface area contributed by atoms with Gasteiger partial charge in [-0.25, -0.2) is 9.78 Å². The SMILES string of the molecule is CCCc1ccc(-c2cnc(C(=O)OC)[nH]2)cc1. The van der Waals surface area contributed by atoms with Crippen molar-refractivity contribution >= 4 is 5.97 Å². The quantitative estimate of drug-likeness (QED) is 0.841. The predicted octanol–water partition coefficient (Wildman–Crippen LogP) is 2.82. The number of aromatic amines is 1. The maximum atomic E-state index is 11.3. The zero-order chi connectivity index (χ0) is 13.0. The normalized spacial score (nSPS) is 10.3. The maximum Gasteiger partial charge on any atom is 0.374 e. The average Bonchev–Trinajstić information content (AvgIpc) is 2.89. The molecule has 1 aromatic heterocycles. The lowest BCUT2D eigenvalue weighted by atomic mass is 10.1. The molecule has 2 rings (SSSR count). The van der Waals surface area contributed by atoms with Gasteiger partial charge in [0.15, 0.2) is 0 Å². The lowest BCUT2D eigenvalue weighted by Gasteiger charge is -2.01. The van der Waals surface area contributed by atoms with Crippen molar-refractivity contribution in [2.24, 2.45) is 0 Å². The first-order chi connectivity index (χ1) is 8.74. The van der Waals surface area contributed by atoms with E-state index in [1.807, 2.05) is 12.1 Å². The summed E-state index contributed by atoms with van der Waals surface area (Å²) in [5.41, 5.74) is 3.14. The highest BCUT2D eigenvalue weighted by molar-refractivity contribution is 5.86. The van der Waals surface area contributed by atoms with E-state index in [9.17, 15) is 4.79 Å². The third kappa shape index (κ3) is 2.59. The van der Waals surface area contributed by atoms with Crippen LogP contribution in [0.4, 0.5) is 0 Å². The smallest absolute Gasteiger partial charge is 0.374 e. The van der Waals surface area contributed by atoms with Crippen LogP contribution in [-0.4, -0.2) is 23.0 Å². The molecule has 0 amide bonds. The monoisotopic (exact) mass is 244 g/mol. The number of methoxy groups -OCH3 is 1. The van der Waals surface area contributed by atoms with Gasteiger partial charge in [0, 0.05) is 0 Å². The minimum atomic E-state index is -0.455. The Morgan fingerprint density at radius 2 is 2.06 bits per heavy atom. The molecule has 1 aromatic carbocycles. The van der Waals surface area contributed by atoms with Gasteiger partial charge in [-0.2, -0.15) is 0 Å². The van der Waals surface area contributed by atoms with Gasteiger partial charge in [0.1, 0.15) is 0 Å². The van der Waals surface area contributed by atoms with Crippen LogP contribution >= 0.6 is 0 Å². The molecule has 0 aliphatic carbocycles. The van der Waals surface area contributed by atoms with Crippen LogP contribution < -0.4 is 0 Å². The second kappa shape index (κ2) is 5.49. The summed E-state index contributed by atoms with van der Waals surface area (Å²) < 4.78 is 4.60. The Morgan fingerprint density at radius 1 is 1.33 bits per heavy atom. The second-order valence-corrected chi connectivity index (χ2v) is 4.08. The lowest BCUT2D eigenvalue weighted by molar-refractivity contribution is 0.0588. The van der Waals surface area contributed by atoms with Gasteiger partial charge in [-0.1, -0.05) is 37.6 Å². The highest BCUT2D eigenvalue weighted by Crippen LogP contribution is 2.18. The molecule has 2 aromatic rings. The number of aromatic nitrogens is 2. The van der Waals surface area contributed by atoms with E-state index in [-0.39, 0.29) is 5.82 Å². The molecule has 0 aliphatic heterocycles. The molecule has 94 valence electrons. The van der Waals surface area contributed by atoms with Gasteiger partial charge in [0.25, 0.3) is 0 Å². The van der Waals surface area contributed by atoms with E-state index in [4.69, 9.17) is 0 Å². The molecular weight excluding hydrogens is 228 g/mol. The number of H-pyrrole nitrogens is 1. The number of aryl methyl sites for hydroxylation is 1. The summed E-state index contributed by atoms with van der Waals surface area (Å²) >= 11 is 0. The Bertz CT molecular complexity index is 529. The summed E-state index contributed by atoms with van der Waals surface area (Å²) in [4.78, 5) is 18.2. The van der Waals surface area contributed by atoms with Gasteiger partial charge < -0.3 is 9.72 Å². The van der Waals surface area contributed by atoms with Crippen LogP contribution in [0, 0.1) is 0 Å². The largest absolute Gasteiger partial charge is 0.463 e. The molecule has 4 nitrogen and oxygen atoms in total. The van der Waals surface area contributed by atoms with E-state index in [0.717, 1.165) is 24.1 Å². The number of ether oxygens (including phenoxy) is 1. The van der Waals surface area contributed by atoms with Crippen LogP contribution in [0.2, 0.25) is 0 Å². The van der Waals surface area contributed by atoms with Crippen molar-refractivity contribution in [2.75, 3.05) is 7.11 Å². The van der Waals surface area contributed by atoms with Crippen molar-refractivity contribution in [2.45, 2.75) is 19.8 Å². The van der Waals surface area contributed by atoms with Gasteiger partial charge in [-0.3, -0.25) is 0 Å². The zero-order valence-electron chi connectivity index (χ0n) is 10.6. The number of nitrogens with one attached hydrogen (secondary N) is 1. The van der Waals surface area contributed by atoms with Gasteiger partial charge in [-0.05, 0) is 17.5 Å². The Morgan fingerprint density at radius 3 is 2.67 bits per heavy atom. The number of carbonyl (C=O) groups is 1. The number of rotatable bonds is 4. The van der Waals surface area contributed by atoms with Gasteiger partial charge in [0.2, 0.25) is 5.82 Å². The van der Waals surface area contributed by atoms with Crippen molar-refractivity contribution in [3.63, 3.8) is 0 Å². The summed E-state index contributed by atoms with van der Waals surface area (Å²) in [5, 5.41) is 0. The minimum Gasteiger partial charge on any atom is -0.463 e. The number of carbonyl (C=O) groups excluding carboxylic acids is 1. The third-order valence-corrected chi connectivity index (χ3v) is 2.76. The van der Waals surface area contributed by atoms with Crippen LogP contribution in [0.3, 0.4) is 0 Å². The van der Waals surface area contributed by atoms with Crippen LogP contribution in [0.1, 0.15) is 29.5 Å². The topological polar surface area (TPSA) is 55.0 Å². The number of imidazole rings is 1. The Hall–Kier alpha value is -2.10. The molecule has 0 saturated carbocycles. The first-order valence-corrected chi connectivity index (χ1v) is 5.97. The third-order valence-electron chi connectivity index (χ3n) is 2.76. The first-order valence-electron chi connectivity index (χ1n) is 5.97. The first kappa shape index (κ1) is 12.4. The van der Waals surface area contributed by atoms with Crippen LogP contribution in [-0.2, 0) is 11.2 Å². The number of hydrogen-bond acceptors (Lipinski definition) is 3. The molecule has 0 radical (unpaired) electrons. The second-order valence-electron chi connectivity index (χ2n) is 4.08. The predicted molar refractivity (Wildman–Crippen MR) is 69.4 cm³/mol. The van der Waals surface area contributed by atoms with Crippen LogP contribution in [0.15, 0.2) is 30.5 Å². The number of nitrogens with zero attached hydrogens (tertiary/aromatic N) is 1. The highest BCUT2D eigenvalue weighted by atomic mass is 16.5. The maximum absolute atomic E-state index is 11.3. The molecule has 0 saturated heterocycles. The molecule has 0 bridgehead atoms. The van der Waals surface area contributed by atoms with E-state index in [0.29, 0.717) is 0 Å². The van der Waals surface area contributed by atoms with E-state index in [1.54, 1.807) is 6.20 Å². The fraction of sp³-hybridized carbons (Fsp3) is 0.286. The standard InChI is InChI=1S/C14H16N2O2/c1-3-4-10-5-7-11(8-6-10)12-9-15-13(16-12)14(17)18-2/h5-9H,3-4H2,1-2H3,(H,15,16). The number of benzene rings is 1. The minimum absolute atomic E-state index is 0.227. The van der Waals surface area contributed by atoms with E-state index < -0.39 is 5.97 Å². The summed E-state index contributed by atoms with van der Waals surface area (Å²) in [5.74, 6) is -0.228. The van der Waals surface area contributed by atoms with Crippen LogP contribution in [0.5, 0.6) is 0 Å². The van der Waals surface area contributed by atoms with E-state index in [2.05, 4.69) is 33.8 Å². The van der Waals surface area contributed by atoms with Crippen molar-refractivity contribution in [3.8, 4) is 11.3 Å². The summed E-state index contributed by atoms with van der Waals surface area (Å²) in [6, 6.07) is 8.24. The number of esters is 1. The van der Waals surface area contributed by atoms with Crippen LogP contribution in [0.25, 0.3) is 11.3 Å². The highest BCUT2D eigenvalue weighted by Gasteiger charge is 2.10. The Labute approximate surface area is 106 Å². The van der Waals surface area contributed by atoms with E-state index in [1.165, 1.54) is 12.7 Å². The average molecular weight is 244 g/mol. The summed E-state index contributed by atoms with van der Waals surface area (Å²) in [6.45, 7) is 2.16. The summed E-state index contributed by atoms with van der Waals surface area (Å²) in [6.07, 6.45) is 3.85. The van der Waals surface area contributed by atoms with Gasteiger partial charge in [0.05, 0.1) is 19.0 Å². The van der Waals surface area contributed by atoms with E-state index >= 15 is 0 Å². The molecule has 0 aliphatic rings. The molecule has 0 unspecified atom stereocenters. The molecule has 18 heavy (non-hydrogen) atoms. The Balaban J connectivity index is 2.20. The van der Waals surface area contributed by atoms with Crippen molar-refractivity contribution < 1.29 is 9.53 Å². The van der Waals surface area contributed by atoms with Gasteiger partial charge >= 0.3 is 5.97 Å². The molecular formula is C14H16N2O2. The van der Waals surface area contributed by atoms with Crippen molar-refractivity contribution in [1.29, 1.82) is 0 Å². The molecule has 0 spiro atoms. The molecule has 0 fully saturated rings. The van der Waals surface area contributed by atoms with Crippen molar-refractivity contribution in [1.82, 2.24) is 9.97 Å². The molecule has 0 atom stereocenters. The molecule has 1 N–H and O–H groups in total. The Kier molecular flexibility index (Phi) is 3.77. The zero-order valence-corrected chi connectivity index (χ0v) is 10.6. The molecule has 1 heterocycles.